The molecule has 0 bridgehead atoms. The van der Waals surface area contributed by atoms with E-state index in [1.165, 1.54) is 0 Å². The van der Waals surface area contributed by atoms with Crippen molar-refractivity contribution < 1.29 is 58.6 Å². The van der Waals surface area contributed by atoms with Crippen molar-refractivity contribution in [1.82, 2.24) is 0 Å². The summed E-state index contributed by atoms with van der Waals surface area (Å²) in [4.78, 5) is 42.1. The van der Waals surface area contributed by atoms with Gasteiger partial charge in [-0.25, -0.2) is 19.2 Å². The van der Waals surface area contributed by atoms with Crippen LogP contribution in [0.4, 0.5) is 19.2 Å². The van der Waals surface area contributed by atoms with Gasteiger partial charge in [-0.2, -0.15) is 0 Å². The Balaban J connectivity index is 2.99. The number of ether oxygens (including phenoxy) is 4. The molecule has 12 heteroatoms. The zero-order valence-corrected chi connectivity index (χ0v) is 10.1. The van der Waals surface area contributed by atoms with Crippen LogP contribution in [0, 0.1) is 0 Å². The lowest BCUT2D eigenvalue weighted by Crippen LogP contribution is -2.42. The second-order valence-corrected chi connectivity index (χ2v) is 3.78. The maximum Gasteiger partial charge on any atom is 0.506 e. The van der Waals surface area contributed by atoms with Gasteiger partial charge in [-0.1, -0.05) is 0 Å². The summed E-state index contributed by atoms with van der Waals surface area (Å²) in [6, 6.07) is 0. The molecule has 1 saturated carbocycles. The Labute approximate surface area is 115 Å². The van der Waals surface area contributed by atoms with E-state index in [0.29, 0.717) is 0 Å². The molecule has 1 aliphatic rings. The van der Waals surface area contributed by atoms with E-state index in [-0.39, 0.29) is 0 Å². The van der Waals surface area contributed by atoms with Crippen molar-refractivity contribution in [3.05, 3.63) is 0 Å². The molecule has 0 aliphatic heterocycles. The zero-order valence-electron chi connectivity index (χ0n) is 10.1. The molecule has 0 spiro atoms. The molecular formula is C9H10O12. The first-order valence-electron chi connectivity index (χ1n) is 5.29. The van der Waals surface area contributed by atoms with Gasteiger partial charge in [-0.05, 0) is 0 Å². The second-order valence-electron chi connectivity index (χ2n) is 3.78. The van der Waals surface area contributed by atoms with E-state index in [2.05, 4.69) is 18.9 Å². The second kappa shape index (κ2) is 6.49. The highest BCUT2D eigenvalue weighted by Gasteiger charge is 2.52. The van der Waals surface area contributed by atoms with Crippen molar-refractivity contribution in [1.29, 1.82) is 0 Å². The van der Waals surface area contributed by atoms with Crippen LogP contribution in [0.1, 0.15) is 6.42 Å². The Morgan fingerprint density at radius 2 is 0.905 bits per heavy atom. The third kappa shape index (κ3) is 4.59. The van der Waals surface area contributed by atoms with Gasteiger partial charge >= 0.3 is 24.6 Å². The molecule has 4 atom stereocenters. The molecule has 0 radical (unpaired) electrons. The predicted octanol–water partition coefficient (Wildman–Crippen LogP) is 0.643. The van der Waals surface area contributed by atoms with E-state index >= 15 is 0 Å². The molecule has 0 amide bonds. The van der Waals surface area contributed by atoms with Gasteiger partial charge in [-0.15, -0.1) is 0 Å². The van der Waals surface area contributed by atoms with Gasteiger partial charge in [-0.3, -0.25) is 0 Å². The fraction of sp³-hybridized carbons (Fsp3) is 0.556. The van der Waals surface area contributed by atoms with Crippen molar-refractivity contribution >= 4 is 24.6 Å². The molecule has 4 N–H and O–H groups in total. The average Bonchev–Trinajstić information content (AvgIpc) is 2.55. The number of carboxylic acid groups (broad SMARTS) is 4. The van der Waals surface area contributed by atoms with Gasteiger partial charge in [0.1, 0.15) is 12.2 Å². The lowest BCUT2D eigenvalue weighted by atomic mass is 10.2. The summed E-state index contributed by atoms with van der Waals surface area (Å²) in [5.41, 5.74) is 0. The number of rotatable bonds is 4. The molecule has 0 aromatic carbocycles. The molecule has 4 unspecified atom stereocenters. The summed E-state index contributed by atoms with van der Waals surface area (Å²) >= 11 is 0. The van der Waals surface area contributed by atoms with Crippen LogP contribution in [0.15, 0.2) is 0 Å². The molecule has 0 heterocycles. The average molecular weight is 310 g/mol. The van der Waals surface area contributed by atoms with Gasteiger partial charge in [0.25, 0.3) is 0 Å². The topological polar surface area (TPSA) is 186 Å². The summed E-state index contributed by atoms with van der Waals surface area (Å²) in [7, 11) is 0. The summed E-state index contributed by atoms with van der Waals surface area (Å²) in [6.07, 6.45) is -14.1. The summed E-state index contributed by atoms with van der Waals surface area (Å²) in [5, 5.41) is 34.2. The number of carbonyl (C=O) groups is 4. The van der Waals surface area contributed by atoms with E-state index in [9.17, 15) is 19.2 Å². The minimum absolute atomic E-state index is 0.464. The quantitative estimate of drug-likeness (QED) is 0.419. The fourth-order valence-electron chi connectivity index (χ4n) is 1.93. The fourth-order valence-corrected chi connectivity index (χ4v) is 1.93. The van der Waals surface area contributed by atoms with Crippen molar-refractivity contribution in [3.8, 4) is 0 Å². The highest BCUT2D eigenvalue weighted by atomic mass is 16.7. The molecule has 1 rings (SSSR count). The lowest BCUT2D eigenvalue weighted by Gasteiger charge is -2.22. The van der Waals surface area contributed by atoms with Crippen LogP contribution >= 0.6 is 0 Å². The van der Waals surface area contributed by atoms with E-state index in [1.807, 2.05) is 0 Å². The Morgan fingerprint density at radius 3 is 1.14 bits per heavy atom. The lowest BCUT2D eigenvalue weighted by molar-refractivity contribution is -0.0865. The largest absolute Gasteiger partial charge is 0.506 e. The molecule has 0 aromatic heterocycles. The van der Waals surface area contributed by atoms with Crippen molar-refractivity contribution in [2.24, 2.45) is 0 Å². The van der Waals surface area contributed by atoms with E-state index < -0.39 is 55.5 Å². The van der Waals surface area contributed by atoms with Gasteiger partial charge < -0.3 is 39.4 Å². The van der Waals surface area contributed by atoms with Crippen LogP contribution in [0.25, 0.3) is 0 Å². The summed E-state index contributed by atoms with van der Waals surface area (Å²) in [5.74, 6) is 0. The van der Waals surface area contributed by atoms with E-state index in [4.69, 9.17) is 20.4 Å². The first-order chi connectivity index (χ1) is 9.70. The molecule has 12 nitrogen and oxygen atoms in total. The summed E-state index contributed by atoms with van der Waals surface area (Å²) in [6.45, 7) is 0. The molecule has 0 saturated heterocycles. The van der Waals surface area contributed by atoms with Crippen LogP contribution in [0.3, 0.4) is 0 Å². The van der Waals surface area contributed by atoms with E-state index in [0.717, 1.165) is 0 Å². The van der Waals surface area contributed by atoms with Crippen LogP contribution in [-0.2, 0) is 18.9 Å². The molecule has 21 heavy (non-hydrogen) atoms. The molecule has 118 valence electrons. The Kier molecular flexibility index (Phi) is 4.99. The Hall–Kier alpha value is -2.92. The predicted molar refractivity (Wildman–Crippen MR) is 56.2 cm³/mol. The zero-order chi connectivity index (χ0) is 16.2. The molecular weight excluding hydrogens is 300 g/mol. The normalized spacial score (nSPS) is 27.4. The Morgan fingerprint density at radius 1 is 0.619 bits per heavy atom. The van der Waals surface area contributed by atoms with Crippen molar-refractivity contribution in [2.45, 2.75) is 30.8 Å². The van der Waals surface area contributed by atoms with Crippen LogP contribution in [0.5, 0.6) is 0 Å². The van der Waals surface area contributed by atoms with Gasteiger partial charge in [0, 0.05) is 6.42 Å². The van der Waals surface area contributed by atoms with E-state index in [1.54, 1.807) is 0 Å². The molecule has 1 fully saturated rings. The SMILES string of the molecule is O=C(O)OC1CC(OC(=O)O)C(OC(=O)O)C1OC(=O)O. The van der Waals surface area contributed by atoms with Crippen LogP contribution in [0.2, 0.25) is 0 Å². The monoisotopic (exact) mass is 310 g/mol. The maximum atomic E-state index is 10.6. The minimum Gasteiger partial charge on any atom is -0.450 e. The molecule has 1 aliphatic carbocycles. The third-order valence-corrected chi connectivity index (χ3v) is 2.50. The smallest absolute Gasteiger partial charge is 0.450 e. The standard InChI is InChI=1S/C9H10O12/c10-6(11)18-2-1-3(19-7(12)13)5(21-9(16)17)4(2)20-8(14)15/h2-5H,1H2,(H,10,11)(H,12,13)(H,14,15)(H,16,17). The Bertz CT molecular complexity index is 404. The highest BCUT2D eigenvalue weighted by molar-refractivity contribution is 5.61. The van der Waals surface area contributed by atoms with Crippen molar-refractivity contribution in [2.75, 3.05) is 0 Å². The third-order valence-electron chi connectivity index (χ3n) is 2.50. The van der Waals surface area contributed by atoms with Crippen LogP contribution < -0.4 is 0 Å². The van der Waals surface area contributed by atoms with Gasteiger partial charge in [0.15, 0.2) is 12.2 Å². The molecule has 0 aromatic rings. The summed E-state index contributed by atoms with van der Waals surface area (Å²) < 4.78 is 17.3. The highest BCUT2D eigenvalue weighted by Crippen LogP contribution is 2.31. The minimum atomic E-state index is -1.85. The number of hydrogen-bond donors (Lipinski definition) is 4. The first kappa shape index (κ1) is 16.1. The van der Waals surface area contributed by atoms with Gasteiger partial charge in [0.2, 0.25) is 0 Å². The number of hydrogen-bond acceptors (Lipinski definition) is 8. The maximum absolute atomic E-state index is 10.6. The van der Waals surface area contributed by atoms with Crippen LogP contribution in [-0.4, -0.2) is 69.5 Å². The first-order valence-corrected chi connectivity index (χ1v) is 5.29. The van der Waals surface area contributed by atoms with Crippen molar-refractivity contribution in [3.63, 3.8) is 0 Å². The van der Waals surface area contributed by atoms with Gasteiger partial charge in [0.05, 0.1) is 0 Å².